The van der Waals surface area contributed by atoms with Crippen molar-refractivity contribution in [3.8, 4) is 0 Å². The van der Waals surface area contributed by atoms with Gasteiger partial charge in [-0.1, -0.05) is 11.5 Å². The maximum absolute atomic E-state index is 11.1. The number of hydrogen-bond acceptors (Lipinski definition) is 2. The molecule has 72 valence electrons. The van der Waals surface area contributed by atoms with E-state index >= 15 is 0 Å². The molecule has 0 saturated heterocycles. The first-order valence-electron chi connectivity index (χ1n) is 4.04. The average Bonchev–Trinajstić information content (AvgIpc) is 2.41. The van der Waals surface area contributed by atoms with E-state index in [1.165, 1.54) is 11.5 Å². The van der Waals surface area contributed by atoms with Crippen LogP contribution in [0.1, 0.15) is 10.4 Å². The summed E-state index contributed by atoms with van der Waals surface area (Å²) in [7, 11) is 0. The van der Waals surface area contributed by atoms with E-state index in [-0.39, 0.29) is 0 Å². The van der Waals surface area contributed by atoms with E-state index < -0.39 is 5.91 Å². The second-order valence-electron chi connectivity index (χ2n) is 2.74. The van der Waals surface area contributed by atoms with Gasteiger partial charge in [-0.2, -0.15) is 0 Å². The molecule has 0 bridgehead atoms. The Labute approximate surface area is 84.4 Å². The van der Waals surface area contributed by atoms with Crippen molar-refractivity contribution >= 4 is 23.0 Å². The van der Waals surface area contributed by atoms with Crippen LogP contribution < -0.4 is 5.73 Å². The molecular weight excluding hydrogens is 198 g/mol. The number of amides is 1. The zero-order valence-corrected chi connectivity index (χ0v) is 8.12. The Hall–Kier alpha value is -1.75. The lowest BCUT2D eigenvalue weighted by atomic mass is 10.2. The van der Waals surface area contributed by atoms with Gasteiger partial charge >= 0.3 is 0 Å². The maximum Gasteiger partial charge on any atom is 0.250 e. The minimum absolute atomic E-state index is 0.423. The Bertz CT molecular complexity index is 507. The molecule has 2 aromatic rings. The van der Waals surface area contributed by atoms with Gasteiger partial charge in [0.05, 0.1) is 11.1 Å². The van der Waals surface area contributed by atoms with Crippen molar-refractivity contribution in [2.45, 2.75) is 0 Å². The largest absolute Gasteiger partial charge is 0.366 e. The van der Waals surface area contributed by atoms with E-state index in [4.69, 9.17) is 5.73 Å². The number of aromatic amines is 1. The minimum Gasteiger partial charge on any atom is -0.366 e. The summed E-state index contributed by atoms with van der Waals surface area (Å²) >= 11 is 1.43. The SMILES string of the molecule is NC(=O)c1cccn2ccs[nH]cc12. The number of nitrogens with two attached hydrogens (primary N) is 1. The number of H-pyrrole nitrogens is 1. The summed E-state index contributed by atoms with van der Waals surface area (Å²) < 4.78 is 4.82. The Balaban J connectivity index is 2.88. The molecule has 0 unspecified atom stereocenters. The number of carbonyl (C=O) groups excluding carboxylic acids is 1. The summed E-state index contributed by atoms with van der Waals surface area (Å²) in [5, 5.41) is 1.89. The van der Waals surface area contributed by atoms with E-state index in [1.54, 1.807) is 18.3 Å². The van der Waals surface area contributed by atoms with Gasteiger partial charge in [-0.3, -0.25) is 4.79 Å². The fourth-order valence-corrected chi connectivity index (χ4v) is 1.70. The van der Waals surface area contributed by atoms with E-state index in [1.807, 2.05) is 22.2 Å². The van der Waals surface area contributed by atoms with Crippen molar-refractivity contribution in [2.24, 2.45) is 5.73 Å². The minimum atomic E-state index is -0.423. The number of hydrogen-bond donors (Lipinski definition) is 2. The zero-order valence-electron chi connectivity index (χ0n) is 7.31. The first-order valence-corrected chi connectivity index (χ1v) is 4.92. The van der Waals surface area contributed by atoms with Crippen LogP contribution in [-0.2, 0) is 0 Å². The molecule has 0 aromatic carbocycles. The lowest BCUT2D eigenvalue weighted by Gasteiger charge is -2.00. The highest BCUT2D eigenvalue weighted by molar-refractivity contribution is 7.03. The van der Waals surface area contributed by atoms with E-state index in [9.17, 15) is 4.79 Å². The molecule has 14 heavy (non-hydrogen) atoms. The molecule has 3 N–H and O–H groups in total. The predicted octanol–water partition coefficient (Wildman–Crippen LogP) is 1.55. The molecule has 0 atom stereocenters. The lowest BCUT2D eigenvalue weighted by Crippen LogP contribution is -2.12. The Morgan fingerprint density at radius 3 is 3.14 bits per heavy atom. The van der Waals surface area contributed by atoms with Gasteiger partial charge in [0.15, 0.2) is 0 Å². The van der Waals surface area contributed by atoms with Crippen LogP contribution in [0.5, 0.6) is 0 Å². The normalized spacial score (nSPS) is 10.0. The van der Waals surface area contributed by atoms with Crippen LogP contribution in [0.4, 0.5) is 0 Å². The molecule has 0 saturated carbocycles. The third-order valence-corrected chi connectivity index (χ3v) is 2.39. The van der Waals surface area contributed by atoms with Crippen LogP contribution in [0, 0.1) is 0 Å². The highest BCUT2D eigenvalue weighted by atomic mass is 32.1. The highest BCUT2D eigenvalue weighted by Gasteiger charge is 2.03. The fourth-order valence-electron chi connectivity index (χ4n) is 1.25. The van der Waals surface area contributed by atoms with Gasteiger partial charge in [-0.15, -0.1) is 0 Å². The van der Waals surface area contributed by atoms with E-state index in [2.05, 4.69) is 4.37 Å². The quantitative estimate of drug-likeness (QED) is 0.732. The first kappa shape index (κ1) is 8.83. The second kappa shape index (κ2) is 3.55. The number of pyridine rings is 1. The average molecular weight is 207 g/mol. The second-order valence-corrected chi connectivity index (χ2v) is 3.49. The molecule has 1 amide bonds. The van der Waals surface area contributed by atoms with Gasteiger partial charge in [-0.05, 0) is 12.1 Å². The van der Waals surface area contributed by atoms with Crippen LogP contribution in [0.2, 0.25) is 0 Å². The number of carbonyl (C=O) groups is 1. The van der Waals surface area contributed by atoms with Crippen molar-refractivity contribution in [2.75, 3.05) is 0 Å². The van der Waals surface area contributed by atoms with Crippen molar-refractivity contribution in [3.63, 3.8) is 0 Å². The summed E-state index contributed by atoms with van der Waals surface area (Å²) in [6.07, 6.45) is 5.48. The monoisotopic (exact) mass is 207 g/mol. The third kappa shape index (κ3) is 1.49. The molecule has 2 heterocycles. The Morgan fingerprint density at radius 1 is 1.50 bits per heavy atom. The topological polar surface area (TPSA) is 63.3 Å². The van der Waals surface area contributed by atoms with Crippen LogP contribution in [0.15, 0.2) is 36.1 Å². The standard InChI is InChI=1S/C9H9N3OS/c10-9(13)7-2-1-3-12-4-5-14-11-6-8(7)12/h1-6,11H,(H2,10,13). The van der Waals surface area contributed by atoms with Gasteiger partial charge in [0.1, 0.15) is 0 Å². The molecule has 0 aliphatic heterocycles. The van der Waals surface area contributed by atoms with Crippen molar-refractivity contribution in [3.05, 3.63) is 41.7 Å². The van der Waals surface area contributed by atoms with Crippen LogP contribution in [0.25, 0.3) is 5.52 Å². The third-order valence-electron chi connectivity index (χ3n) is 1.88. The molecule has 2 aromatic heterocycles. The maximum atomic E-state index is 11.1. The van der Waals surface area contributed by atoms with Crippen molar-refractivity contribution in [1.82, 2.24) is 8.77 Å². The number of aromatic nitrogens is 2. The zero-order chi connectivity index (χ0) is 9.97. The molecule has 0 aliphatic carbocycles. The number of rotatable bonds is 1. The highest BCUT2D eigenvalue weighted by Crippen LogP contribution is 2.08. The summed E-state index contributed by atoms with van der Waals surface area (Å²) in [6.45, 7) is 0. The van der Waals surface area contributed by atoms with Gasteiger partial charge in [0, 0.05) is 24.0 Å². The number of primary amides is 1. The van der Waals surface area contributed by atoms with Gasteiger partial charge < -0.3 is 14.5 Å². The summed E-state index contributed by atoms with van der Waals surface area (Å²) in [5.41, 5.74) is 6.53. The summed E-state index contributed by atoms with van der Waals surface area (Å²) in [4.78, 5) is 11.1. The fraction of sp³-hybridized carbons (Fsp3) is 0. The van der Waals surface area contributed by atoms with E-state index in [0.29, 0.717) is 5.56 Å². The molecule has 0 fully saturated rings. The van der Waals surface area contributed by atoms with E-state index in [0.717, 1.165) is 5.52 Å². The first-order chi connectivity index (χ1) is 6.79. The Morgan fingerprint density at radius 2 is 2.36 bits per heavy atom. The summed E-state index contributed by atoms with van der Waals surface area (Å²) in [5.74, 6) is -0.423. The number of nitrogens with one attached hydrogen (secondary N) is 1. The van der Waals surface area contributed by atoms with Gasteiger partial charge in [0.2, 0.25) is 0 Å². The van der Waals surface area contributed by atoms with Crippen molar-refractivity contribution in [1.29, 1.82) is 0 Å². The van der Waals surface area contributed by atoms with Gasteiger partial charge in [0.25, 0.3) is 5.91 Å². The van der Waals surface area contributed by atoms with Crippen molar-refractivity contribution < 1.29 is 4.79 Å². The molecule has 4 nitrogen and oxygen atoms in total. The molecule has 5 heteroatoms. The molecular formula is C9H9N3OS. The molecule has 2 rings (SSSR count). The van der Waals surface area contributed by atoms with Gasteiger partial charge in [-0.25, -0.2) is 0 Å². The smallest absolute Gasteiger partial charge is 0.250 e. The molecule has 0 aliphatic rings. The molecule has 0 radical (unpaired) electrons. The molecule has 0 spiro atoms. The lowest BCUT2D eigenvalue weighted by molar-refractivity contribution is 0.100. The summed E-state index contributed by atoms with van der Waals surface area (Å²) in [6, 6.07) is 3.49. The van der Waals surface area contributed by atoms with Crippen LogP contribution in [0.3, 0.4) is 0 Å². The van der Waals surface area contributed by atoms with Crippen LogP contribution >= 0.6 is 11.5 Å². The predicted molar refractivity (Wildman–Crippen MR) is 55.8 cm³/mol. The Kier molecular flexibility index (Phi) is 2.24. The number of fused-ring (bicyclic) bond motifs is 1. The van der Waals surface area contributed by atoms with Crippen LogP contribution in [-0.4, -0.2) is 14.7 Å². The number of nitrogens with zero attached hydrogens (tertiary/aromatic N) is 1.